The van der Waals surface area contributed by atoms with E-state index in [-0.39, 0.29) is 23.4 Å². The van der Waals surface area contributed by atoms with E-state index in [9.17, 15) is 4.39 Å². The first kappa shape index (κ1) is 14.4. The fraction of sp³-hybridized carbons (Fsp3) is 0.429. The first-order valence-corrected chi connectivity index (χ1v) is 7.07. The maximum Gasteiger partial charge on any atom is 0.233 e. The molecule has 2 heterocycles. The van der Waals surface area contributed by atoms with Gasteiger partial charge in [0.1, 0.15) is 5.82 Å². The molecule has 112 valence electrons. The van der Waals surface area contributed by atoms with Gasteiger partial charge in [0.05, 0.1) is 24.2 Å². The Kier molecular flexibility index (Phi) is 4.19. The summed E-state index contributed by atoms with van der Waals surface area (Å²) in [5.41, 5.74) is 0.447. The van der Waals surface area contributed by atoms with E-state index >= 15 is 0 Å². The van der Waals surface area contributed by atoms with Gasteiger partial charge in [-0.3, -0.25) is 0 Å². The maximum absolute atomic E-state index is 13.9. The molecule has 2 atom stereocenters. The SMILES string of the molecule is CNC1COCC1c1nc(Cc2cccc(Cl)c2F)no1. The highest BCUT2D eigenvalue weighted by atomic mass is 35.5. The van der Waals surface area contributed by atoms with Crippen LogP contribution in [0.25, 0.3) is 0 Å². The number of ether oxygens (including phenoxy) is 1. The van der Waals surface area contributed by atoms with Gasteiger partial charge in [-0.1, -0.05) is 28.9 Å². The average molecular weight is 312 g/mol. The lowest BCUT2D eigenvalue weighted by Gasteiger charge is -2.11. The lowest BCUT2D eigenvalue weighted by atomic mass is 10.0. The van der Waals surface area contributed by atoms with Crippen molar-refractivity contribution in [3.8, 4) is 0 Å². The minimum atomic E-state index is -0.442. The number of aromatic nitrogens is 2. The smallest absolute Gasteiger partial charge is 0.233 e. The van der Waals surface area contributed by atoms with Gasteiger partial charge >= 0.3 is 0 Å². The molecule has 1 aliphatic heterocycles. The second-order valence-corrected chi connectivity index (χ2v) is 5.38. The molecule has 2 unspecified atom stereocenters. The number of halogens is 2. The normalized spacial score (nSPS) is 21.9. The van der Waals surface area contributed by atoms with Crippen LogP contribution in [0.1, 0.15) is 23.2 Å². The molecular formula is C14H15ClFN3O2. The lowest BCUT2D eigenvalue weighted by Crippen LogP contribution is -2.31. The second kappa shape index (κ2) is 6.09. The van der Waals surface area contributed by atoms with Gasteiger partial charge in [-0.25, -0.2) is 4.39 Å². The number of hydrogen-bond donors (Lipinski definition) is 1. The Morgan fingerprint density at radius 2 is 2.29 bits per heavy atom. The van der Waals surface area contributed by atoms with Gasteiger partial charge in [0, 0.05) is 12.5 Å². The number of nitrogens with zero attached hydrogens (tertiary/aromatic N) is 2. The van der Waals surface area contributed by atoms with Crippen LogP contribution in [0.5, 0.6) is 0 Å². The fourth-order valence-corrected chi connectivity index (χ4v) is 2.62. The van der Waals surface area contributed by atoms with Crippen LogP contribution in [-0.4, -0.2) is 36.4 Å². The molecule has 0 saturated carbocycles. The fourth-order valence-electron chi connectivity index (χ4n) is 2.43. The molecule has 0 amide bonds. The first-order chi connectivity index (χ1) is 10.2. The van der Waals surface area contributed by atoms with Crippen molar-refractivity contribution in [2.45, 2.75) is 18.4 Å². The predicted molar refractivity (Wildman–Crippen MR) is 74.9 cm³/mol. The third kappa shape index (κ3) is 2.92. The molecular weight excluding hydrogens is 297 g/mol. The number of hydrogen-bond acceptors (Lipinski definition) is 5. The topological polar surface area (TPSA) is 60.2 Å². The standard InChI is InChI=1S/C14H15ClFN3O2/c1-17-11-7-20-6-9(11)14-18-12(19-21-14)5-8-3-2-4-10(15)13(8)16/h2-4,9,11,17H,5-7H2,1H3. The molecule has 5 nitrogen and oxygen atoms in total. The summed E-state index contributed by atoms with van der Waals surface area (Å²) in [5, 5.41) is 7.17. The molecule has 3 rings (SSSR count). The molecule has 1 fully saturated rings. The largest absolute Gasteiger partial charge is 0.379 e. The van der Waals surface area contributed by atoms with E-state index in [4.69, 9.17) is 20.9 Å². The molecule has 2 aromatic rings. The van der Waals surface area contributed by atoms with Crippen molar-refractivity contribution in [1.29, 1.82) is 0 Å². The van der Waals surface area contributed by atoms with E-state index in [2.05, 4.69) is 15.5 Å². The van der Waals surface area contributed by atoms with Crippen molar-refractivity contribution < 1.29 is 13.7 Å². The molecule has 7 heteroatoms. The van der Waals surface area contributed by atoms with Crippen molar-refractivity contribution in [3.63, 3.8) is 0 Å². The van der Waals surface area contributed by atoms with Gasteiger partial charge in [0.25, 0.3) is 0 Å². The maximum atomic E-state index is 13.9. The summed E-state index contributed by atoms with van der Waals surface area (Å²) >= 11 is 5.76. The Hall–Kier alpha value is -1.50. The van der Waals surface area contributed by atoms with Crippen LogP contribution in [0.4, 0.5) is 4.39 Å². The van der Waals surface area contributed by atoms with E-state index in [1.807, 2.05) is 7.05 Å². The molecule has 1 aliphatic rings. The predicted octanol–water partition coefficient (Wildman–Crippen LogP) is 2.15. The zero-order valence-electron chi connectivity index (χ0n) is 11.5. The van der Waals surface area contributed by atoms with Crippen molar-refractivity contribution in [2.75, 3.05) is 20.3 Å². The summed E-state index contributed by atoms with van der Waals surface area (Å²) in [7, 11) is 1.87. The summed E-state index contributed by atoms with van der Waals surface area (Å²) in [5.74, 6) is 0.542. The van der Waals surface area contributed by atoms with Gasteiger partial charge in [0.15, 0.2) is 5.82 Å². The Labute approximate surface area is 126 Å². The number of nitrogens with one attached hydrogen (secondary N) is 1. The summed E-state index contributed by atoms with van der Waals surface area (Å²) in [6.07, 6.45) is 0.244. The molecule has 21 heavy (non-hydrogen) atoms. The minimum absolute atomic E-state index is 0.0282. The quantitative estimate of drug-likeness (QED) is 0.937. The molecule has 0 aliphatic carbocycles. The van der Waals surface area contributed by atoms with Crippen molar-refractivity contribution in [2.24, 2.45) is 0 Å². The second-order valence-electron chi connectivity index (χ2n) is 4.98. The Morgan fingerprint density at radius 3 is 3.10 bits per heavy atom. The molecule has 1 aromatic heterocycles. The van der Waals surface area contributed by atoms with Gasteiger partial charge in [-0.2, -0.15) is 4.98 Å². The highest BCUT2D eigenvalue weighted by Gasteiger charge is 2.32. The van der Waals surface area contributed by atoms with Crippen LogP contribution < -0.4 is 5.32 Å². The van der Waals surface area contributed by atoms with Crippen molar-refractivity contribution >= 4 is 11.6 Å². The zero-order valence-corrected chi connectivity index (χ0v) is 12.2. The zero-order chi connectivity index (χ0) is 14.8. The van der Waals surface area contributed by atoms with E-state index in [0.29, 0.717) is 30.5 Å². The molecule has 1 N–H and O–H groups in total. The van der Waals surface area contributed by atoms with Crippen LogP contribution in [0.2, 0.25) is 5.02 Å². The highest BCUT2D eigenvalue weighted by Crippen LogP contribution is 2.25. The van der Waals surface area contributed by atoms with Gasteiger partial charge in [-0.05, 0) is 18.7 Å². The van der Waals surface area contributed by atoms with Crippen LogP contribution in [-0.2, 0) is 11.2 Å². The third-order valence-electron chi connectivity index (χ3n) is 3.63. The lowest BCUT2D eigenvalue weighted by molar-refractivity contribution is 0.185. The number of likely N-dealkylation sites (N-methyl/N-ethyl adjacent to an activating group) is 1. The van der Waals surface area contributed by atoms with Crippen LogP contribution in [0.3, 0.4) is 0 Å². The molecule has 1 saturated heterocycles. The van der Waals surface area contributed by atoms with Gasteiger partial charge < -0.3 is 14.6 Å². The third-order valence-corrected chi connectivity index (χ3v) is 3.92. The Bertz CT molecular complexity index is 634. The van der Waals surface area contributed by atoms with Crippen LogP contribution in [0, 0.1) is 5.82 Å². The summed E-state index contributed by atoms with van der Waals surface area (Å²) in [6.45, 7) is 1.15. The molecule has 0 radical (unpaired) electrons. The summed E-state index contributed by atoms with van der Waals surface area (Å²) < 4.78 is 24.6. The Morgan fingerprint density at radius 1 is 1.43 bits per heavy atom. The number of rotatable bonds is 4. The minimum Gasteiger partial charge on any atom is -0.379 e. The van der Waals surface area contributed by atoms with E-state index in [0.717, 1.165) is 0 Å². The summed E-state index contributed by atoms with van der Waals surface area (Å²) in [4.78, 5) is 4.35. The van der Waals surface area contributed by atoms with Crippen LogP contribution in [0.15, 0.2) is 22.7 Å². The van der Waals surface area contributed by atoms with Crippen molar-refractivity contribution in [3.05, 3.63) is 46.3 Å². The van der Waals surface area contributed by atoms with Crippen LogP contribution >= 0.6 is 11.6 Å². The molecule has 0 bridgehead atoms. The molecule has 1 aromatic carbocycles. The van der Waals surface area contributed by atoms with Gasteiger partial charge in [0.2, 0.25) is 5.89 Å². The van der Waals surface area contributed by atoms with E-state index < -0.39 is 5.82 Å². The van der Waals surface area contributed by atoms with E-state index in [1.165, 1.54) is 6.07 Å². The van der Waals surface area contributed by atoms with Crippen molar-refractivity contribution in [1.82, 2.24) is 15.5 Å². The molecule has 0 spiro atoms. The van der Waals surface area contributed by atoms with E-state index in [1.54, 1.807) is 12.1 Å². The monoisotopic (exact) mass is 311 g/mol. The Balaban J connectivity index is 1.77. The average Bonchev–Trinajstić information content (AvgIpc) is 3.12. The number of benzene rings is 1. The highest BCUT2D eigenvalue weighted by molar-refractivity contribution is 6.30. The summed E-state index contributed by atoms with van der Waals surface area (Å²) in [6, 6.07) is 5.02. The first-order valence-electron chi connectivity index (χ1n) is 6.69. The van der Waals surface area contributed by atoms with Gasteiger partial charge in [-0.15, -0.1) is 0 Å².